The molecule has 11 heteroatoms. The van der Waals surface area contributed by atoms with Gasteiger partial charge >= 0.3 is 5.97 Å². The van der Waals surface area contributed by atoms with Crippen LogP contribution in [0.2, 0.25) is 0 Å². The van der Waals surface area contributed by atoms with Gasteiger partial charge in [-0.3, -0.25) is 4.79 Å². The zero-order valence-corrected chi connectivity index (χ0v) is 19.9. The van der Waals surface area contributed by atoms with Gasteiger partial charge in [-0.25, -0.2) is 4.79 Å². The second-order valence-electron chi connectivity index (χ2n) is 8.29. The number of allylic oxidation sites excluding steroid dienone is 1. The molecule has 1 saturated heterocycles. The molecule has 11 nitrogen and oxygen atoms in total. The highest BCUT2D eigenvalue weighted by molar-refractivity contribution is 5.83. The average Bonchev–Trinajstić information content (AvgIpc) is 2.88. The molecule has 37 heavy (non-hydrogen) atoms. The van der Waals surface area contributed by atoms with E-state index < -0.39 is 36.7 Å². The number of aliphatic hydroxyl groups excluding tert-OH is 3. The van der Waals surface area contributed by atoms with Crippen LogP contribution in [0.4, 0.5) is 0 Å². The predicted molar refractivity (Wildman–Crippen MR) is 129 cm³/mol. The summed E-state index contributed by atoms with van der Waals surface area (Å²) in [5.74, 6) is -0.386. The highest BCUT2D eigenvalue weighted by atomic mass is 16.7. The maximum absolute atomic E-state index is 13.1. The van der Waals surface area contributed by atoms with E-state index in [1.54, 1.807) is 13.0 Å². The molecule has 2 aromatic carbocycles. The van der Waals surface area contributed by atoms with E-state index in [0.717, 1.165) is 0 Å². The summed E-state index contributed by atoms with van der Waals surface area (Å²) < 4.78 is 26.9. The highest BCUT2D eigenvalue weighted by Gasteiger charge is 2.45. The average molecular weight is 514 g/mol. The molecule has 1 aromatic heterocycles. The number of esters is 1. The Morgan fingerprint density at radius 3 is 2.57 bits per heavy atom. The molecule has 1 fully saturated rings. The molecule has 4 rings (SSSR count). The van der Waals surface area contributed by atoms with Crippen molar-refractivity contribution in [2.45, 2.75) is 37.6 Å². The lowest BCUT2D eigenvalue weighted by molar-refractivity contribution is -0.278. The molecule has 0 bridgehead atoms. The van der Waals surface area contributed by atoms with Gasteiger partial charge in [-0.05, 0) is 36.8 Å². The quantitative estimate of drug-likeness (QED) is 0.267. The van der Waals surface area contributed by atoms with Crippen molar-refractivity contribution in [3.8, 4) is 28.4 Å². The maximum atomic E-state index is 13.1. The van der Waals surface area contributed by atoms with Crippen LogP contribution in [0.1, 0.15) is 6.92 Å². The third-order valence-corrected chi connectivity index (χ3v) is 5.85. The molecule has 4 N–H and O–H groups in total. The van der Waals surface area contributed by atoms with Gasteiger partial charge in [0.05, 0.1) is 18.1 Å². The number of benzene rings is 2. The van der Waals surface area contributed by atoms with E-state index >= 15 is 0 Å². The summed E-state index contributed by atoms with van der Waals surface area (Å²) in [7, 11) is 1.42. The number of phenolic OH excluding ortho intramolecular Hbond substituents is 1. The Bertz CT molecular complexity index is 1360. The SMILES string of the molecule is C/C=C/C(=O)OC[C@H]1O[C@@H](Oc2ccc3c(=O)c(-c4ccc(OC)c(O)c4)coc3c2)[C@H](O)[C@H](O)[C@H]1O. The maximum Gasteiger partial charge on any atom is 0.330 e. The fourth-order valence-electron chi connectivity index (χ4n) is 3.87. The molecule has 3 aromatic rings. The number of fused-ring (bicyclic) bond motifs is 1. The normalized spacial score (nSPS) is 23.8. The third kappa shape index (κ3) is 5.44. The smallest absolute Gasteiger partial charge is 0.330 e. The van der Waals surface area contributed by atoms with Gasteiger partial charge in [-0.2, -0.15) is 0 Å². The van der Waals surface area contributed by atoms with Crippen LogP contribution in [-0.4, -0.2) is 70.8 Å². The number of aromatic hydroxyl groups is 1. The van der Waals surface area contributed by atoms with E-state index in [2.05, 4.69) is 0 Å². The second-order valence-corrected chi connectivity index (χ2v) is 8.29. The molecule has 2 heterocycles. The number of carbonyl (C=O) groups excluding carboxylic acids is 1. The third-order valence-electron chi connectivity index (χ3n) is 5.85. The van der Waals surface area contributed by atoms with Gasteiger partial charge < -0.3 is 43.8 Å². The number of hydrogen-bond acceptors (Lipinski definition) is 11. The lowest BCUT2D eigenvalue weighted by Crippen LogP contribution is -2.60. The largest absolute Gasteiger partial charge is 0.504 e. The van der Waals surface area contributed by atoms with Crippen molar-refractivity contribution in [3.05, 3.63) is 65.0 Å². The van der Waals surface area contributed by atoms with Gasteiger partial charge in [0.2, 0.25) is 6.29 Å². The number of hydrogen-bond donors (Lipinski definition) is 4. The van der Waals surface area contributed by atoms with Crippen LogP contribution in [-0.2, 0) is 14.3 Å². The van der Waals surface area contributed by atoms with E-state index in [0.29, 0.717) is 5.56 Å². The van der Waals surface area contributed by atoms with Crippen LogP contribution in [0, 0.1) is 0 Å². The Labute approximate surface area is 210 Å². The van der Waals surface area contributed by atoms with Crippen LogP contribution in [0.25, 0.3) is 22.1 Å². The first-order valence-corrected chi connectivity index (χ1v) is 11.3. The van der Waals surface area contributed by atoms with Crippen LogP contribution < -0.4 is 14.9 Å². The van der Waals surface area contributed by atoms with Crippen LogP contribution >= 0.6 is 0 Å². The van der Waals surface area contributed by atoms with Crippen LogP contribution in [0.3, 0.4) is 0 Å². The molecule has 1 aliphatic rings. The summed E-state index contributed by atoms with van der Waals surface area (Å²) in [6.07, 6.45) is -3.46. The minimum atomic E-state index is -1.63. The number of carbonyl (C=O) groups is 1. The van der Waals surface area contributed by atoms with Gasteiger partial charge in [-0.1, -0.05) is 12.1 Å². The monoisotopic (exact) mass is 514 g/mol. The van der Waals surface area contributed by atoms with Crippen molar-refractivity contribution in [1.82, 2.24) is 0 Å². The summed E-state index contributed by atoms with van der Waals surface area (Å²) >= 11 is 0. The standard InChI is InChI=1S/C26H26O11/c1-3-4-21(28)35-12-20-23(30)24(31)25(32)26(37-20)36-14-6-7-15-19(10-14)34-11-16(22(15)29)13-5-8-18(33-2)17(27)9-13/h3-11,20,23-27,30-32H,12H2,1-2H3/b4-3+/t20-,23+,24-,25-,26-/m1/s1. The van der Waals surface area contributed by atoms with E-state index in [-0.39, 0.29) is 45.8 Å². The minimum Gasteiger partial charge on any atom is -0.504 e. The summed E-state index contributed by atoms with van der Waals surface area (Å²) in [6.45, 7) is 1.25. The lowest BCUT2D eigenvalue weighted by Gasteiger charge is -2.39. The highest BCUT2D eigenvalue weighted by Crippen LogP contribution is 2.32. The van der Waals surface area contributed by atoms with Crippen molar-refractivity contribution in [3.63, 3.8) is 0 Å². The zero-order chi connectivity index (χ0) is 26.7. The number of phenols is 1. The van der Waals surface area contributed by atoms with Gasteiger partial charge in [0.1, 0.15) is 48.6 Å². The topological polar surface area (TPSA) is 165 Å². The van der Waals surface area contributed by atoms with Gasteiger partial charge in [-0.15, -0.1) is 0 Å². The predicted octanol–water partition coefficient (Wildman–Crippen LogP) is 1.48. The van der Waals surface area contributed by atoms with Crippen molar-refractivity contribution in [2.75, 3.05) is 13.7 Å². The Balaban J connectivity index is 1.55. The zero-order valence-electron chi connectivity index (χ0n) is 19.9. The van der Waals surface area contributed by atoms with Crippen LogP contribution in [0.5, 0.6) is 17.2 Å². The van der Waals surface area contributed by atoms with Crippen molar-refractivity contribution >= 4 is 16.9 Å². The molecular formula is C26H26O11. The molecule has 0 saturated carbocycles. The number of rotatable bonds is 7. The molecular weight excluding hydrogens is 488 g/mol. The molecule has 0 spiro atoms. The first kappa shape index (κ1) is 26.2. The van der Waals surface area contributed by atoms with Gasteiger partial charge in [0.25, 0.3) is 0 Å². The fourth-order valence-corrected chi connectivity index (χ4v) is 3.87. The van der Waals surface area contributed by atoms with Crippen molar-refractivity contribution < 1.29 is 48.6 Å². The Hall–Kier alpha value is -3.90. The van der Waals surface area contributed by atoms with E-state index in [9.17, 15) is 30.0 Å². The molecule has 196 valence electrons. The van der Waals surface area contributed by atoms with Crippen molar-refractivity contribution in [2.24, 2.45) is 0 Å². The number of methoxy groups -OCH3 is 1. The number of ether oxygens (including phenoxy) is 4. The molecule has 0 aliphatic carbocycles. The van der Waals surface area contributed by atoms with E-state index in [4.69, 9.17) is 23.4 Å². The first-order chi connectivity index (χ1) is 17.7. The molecule has 1 aliphatic heterocycles. The van der Waals surface area contributed by atoms with Gasteiger partial charge in [0.15, 0.2) is 16.9 Å². The Morgan fingerprint density at radius 1 is 1.08 bits per heavy atom. The van der Waals surface area contributed by atoms with Crippen molar-refractivity contribution in [1.29, 1.82) is 0 Å². The summed E-state index contributed by atoms with van der Waals surface area (Å²) in [5, 5.41) is 41.1. The first-order valence-electron chi connectivity index (χ1n) is 11.3. The Kier molecular flexibility index (Phi) is 7.79. The molecule has 0 unspecified atom stereocenters. The molecule has 0 amide bonds. The summed E-state index contributed by atoms with van der Waals surface area (Å²) in [4.78, 5) is 24.6. The Morgan fingerprint density at radius 2 is 1.86 bits per heavy atom. The minimum absolute atomic E-state index is 0.128. The summed E-state index contributed by atoms with van der Waals surface area (Å²) in [6, 6.07) is 8.84. The fraction of sp³-hybridized carbons (Fsp3) is 0.308. The molecule has 0 radical (unpaired) electrons. The van der Waals surface area contributed by atoms with Gasteiger partial charge in [0, 0.05) is 12.1 Å². The second kappa shape index (κ2) is 11.0. The summed E-state index contributed by atoms with van der Waals surface area (Å²) in [5.41, 5.74) is 0.471. The molecule has 5 atom stereocenters. The van der Waals surface area contributed by atoms with E-state index in [1.165, 1.54) is 55.9 Å². The number of aliphatic hydroxyl groups is 3. The lowest BCUT2D eigenvalue weighted by atomic mass is 9.99. The van der Waals surface area contributed by atoms with Crippen LogP contribution in [0.15, 0.2) is 64.0 Å². The van der Waals surface area contributed by atoms with E-state index in [1.807, 2.05) is 0 Å².